The Bertz CT molecular complexity index is 424. The molecule has 0 spiro atoms. The standard InChI is InChI=1S/C13H22N4O2/c1-2-10-15-11(17-16-10)12(19)14-8-13(9-18)6-4-3-5-7-13/h18H,2-9H2,1H3,(H,14,19)(H,15,16,17). The van der Waals surface area contributed by atoms with Crippen molar-refractivity contribution >= 4 is 5.91 Å². The van der Waals surface area contributed by atoms with Gasteiger partial charge < -0.3 is 10.4 Å². The van der Waals surface area contributed by atoms with E-state index in [0.29, 0.717) is 12.4 Å². The number of aryl methyl sites for hydroxylation is 1. The van der Waals surface area contributed by atoms with E-state index in [1.165, 1.54) is 6.42 Å². The highest BCUT2D eigenvalue weighted by molar-refractivity contribution is 5.90. The second-order valence-corrected chi connectivity index (χ2v) is 5.36. The lowest BCUT2D eigenvalue weighted by molar-refractivity contribution is 0.0713. The van der Waals surface area contributed by atoms with Crippen LogP contribution in [-0.2, 0) is 6.42 Å². The molecule has 0 unspecified atom stereocenters. The van der Waals surface area contributed by atoms with E-state index in [-0.39, 0.29) is 23.8 Å². The van der Waals surface area contributed by atoms with Crippen molar-refractivity contribution < 1.29 is 9.90 Å². The molecule has 0 aromatic carbocycles. The van der Waals surface area contributed by atoms with E-state index in [1.807, 2.05) is 6.92 Å². The molecule has 1 saturated carbocycles. The summed E-state index contributed by atoms with van der Waals surface area (Å²) < 4.78 is 0. The molecule has 1 aliphatic rings. The number of amides is 1. The van der Waals surface area contributed by atoms with Crippen LogP contribution in [0.2, 0.25) is 0 Å². The van der Waals surface area contributed by atoms with Crippen LogP contribution in [0, 0.1) is 5.41 Å². The molecule has 0 saturated heterocycles. The minimum atomic E-state index is -0.269. The second-order valence-electron chi connectivity index (χ2n) is 5.36. The van der Waals surface area contributed by atoms with Crippen LogP contribution < -0.4 is 5.32 Å². The number of H-pyrrole nitrogens is 1. The summed E-state index contributed by atoms with van der Waals surface area (Å²) in [6.07, 6.45) is 6.13. The van der Waals surface area contributed by atoms with Crippen LogP contribution >= 0.6 is 0 Å². The van der Waals surface area contributed by atoms with Gasteiger partial charge in [-0.15, -0.1) is 5.10 Å². The van der Waals surface area contributed by atoms with Crippen LogP contribution in [0.3, 0.4) is 0 Å². The van der Waals surface area contributed by atoms with Crippen molar-refractivity contribution in [1.29, 1.82) is 0 Å². The molecule has 1 fully saturated rings. The van der Waals surface area contributed by atoms with Gasteiger partial charge in [0.1, 0.15) is 5.82 Å². The van der Waals surface area contributed by atoms with E-state index in [4.69, 9.17) is 0 Å². The van der Waals surface area contributed by atoms with Crippen LogP contribution in [0.25, 0.3) is 0 Å². The zero-order chi connectivity index (χ0) is 13.7. The molecule has 1 aromatic rings. The Morgan fingerprint density at radius 1 is 1.42 bits per heavy atom. The fourth-order valence-corrected chi connectivity index (χ4v) is 2.59. The van der Waals surface area contributed by atoms with Crippen LogP contribution in [0.5, 0.6) is 0 Å². The smallest absolute Gasteiger partial charge is 0.290 e. The molecule has 1 aromatic heterocycles. The summed E-state index contributed by atoms with van der Waals surface area (Å²) in [5.74, 6) is 0.620. The molecular formula is C13H22N4O2. The summed E-state index contributed by atoms with van der Waals surface area (Å²) in [5.41, 5.74) is -0.155. The predicted octanol–water partition coefficient (Wildman–Crippen LogP) is 1.04. The molecule has 6 heteroatoms. The molecule has 106 valence electrons. The first kappa shape index (κ1) is 14.0. The molecule has 1 amide bonds. The molecule has 19 heavy (non-hydrogen) atoms. The first-order chi connectivity index (χ1) is 9.19. The molecule has 0 radical (unpaired) electrons. The van der Waals surface area contributed by atoms with Gasteiger partial charge >= 0.3 is 0 Å². The molecule has 0 bridgehead atoms. The number of aromatic nitrogens is 3. The van der Waals surface area contributed by atoms with Gasteiger partial charge in [0.2, 0.25) is 5.82 Å². The van der Waals surface area contributed by atoms with E-state index in [9.17, 15) is 9.90 Å². The number of carbonyl (C=O) groups is 1. The van der Waals surface area contributed by atoms with Gasteiger partial charge in [0.05, 0.1) is 6.61 Å². The van der Waals surface area contributed by atoms with Crippen molar-refractivity contribution in [3.63, 3.8) is 0 Å². The van der Waals surface area contributed by atoms with E-state index >= 15 is 0 Å². The quantitative estimate of drug-likeness (QED) is 0.742. The Morgan fingerprint density at radius 3 is 2.74 bits per heavy atom. The summed E-state index contributed by atoms with van der Waals surface area (Å²) in [7, 11) is 0. The fourth-order valence-electron chi connectivity index (χ4n) is 2.59. The van der Waals surface area contributed by atoms with Gasteiger partial charge in [0.25, 0.3) is 5.91 Å². The zero-order valence-corrected chi connectivity index (χ0v) is 11.4. The Labute approximate surface area is 113 Å². The first-order valence-corrected chi connectivity index (χ1v) is 6.99. The van der Waals surface area contributed by atoms with E-state index in [2.05, 4.69) is 20.5 Å². The molecule has 3 N–H and O–H groups in total. The van der Waals surface area contributed by atoms with Gasteiger partial charge in [-0.1, -0.05) is 26.2 Å². The Morgan fingerprint density at radius 2 is 2.16 bits per heavy atom. The third-order valence-corrected chi connectivity index (χ3v) is 3.94. The molecule has 1 heterocycles. The first-order valence-electron chi connectivity index (χ1n) is 6.99. The maximum absolute atomic E-state index is 11.9. The summed E-state index contributed by atoms with van der Waals surface area (Å²) in [6.45, 7) is 2.57. The molecular weight excluding hydrogens is 244 g/mol. The normalized spacial score (nSPS) is 18.2. The average Bonchev–Trinajstić information content (AvgIpc) is 2.95. The van der Waals surface area contributed by atoms with Gasteiger partial charge in [0, 0.05) is 18.4 Å². The number of aromatic amines is 1. The van der Waals surface area contributed by atoms with Gasteiger partial charge in [0.15, 0.2) is 0 Å². The maximum Gasteiger partial charge on any atom is 0.290 e. The average molecular weight is 266 g/mol. The lowest BCUT2D eigenvalue weighted by Gasteiger charge is -2.35. The summed E-state index contributed by atoms with van der Waals surface area (Å²) in [6, 6.07) is 0. The molecule has 0 aliphatic heterocycles. The third-order valence-electron chi connectivity index (χ3n) is 3.94. The minimum Gasteiger partial charge on any atom is -0.396 e. The van der Waals surface area contributed by atoms with Crippen molar-refractivity contribution in [2.75, 3.05) is 13.2 Å². The number of nitrogens with one attached hydrogen (secondary N) is 2. The molecule has 0 atom stereocenters. The fraction of sp³-hybridized carbons (Fsp3) is 0.769. The van der Waals surface area contributed by atoms with Gasteiger partial charge in [-0.05, 0) is 12.8 Å². The Kier molecular flexibility index (Phi) is 4.52. The summed E-state index contributed by atoms with van der Waals surface area (Å²) in [5, 5.41) is 19.0. The number of aliphatic hydroxyl groups excluding tert-OH is 1. The van der Waals surface area contributed by atoms with Crippen LogP contribution in [0.15, 0.2) is 0 Å². The predicted molar refractivity (Wildman–Crippen MR) is 70.7 cm³/mol. The van der Waals surface area contributed by atoms with Crippen molar-refractivity contribution in [1.82, 2.24) is 20.5 Å². The number of rotatable bonds is 5. The lowest BCUT2D eigenvalue weighted by atomic mass is 9.74. The summed E-state index contributed by atoms with van der Waals surface area (Å²) in [4.78, 5) is 16.0. The van der Waals surface area contributed by atoms with Crippen LogP contribution in [0.1, 0.15) is 55.5 Å². The maximum atomic E-state index is 11.9. The second kappa shape index (κ2) is 6.14. The topological polar surface area (TPSA) is 90.9 Å². The number of nitrogens with zero attached hydrogens (tertiary/aromatic N) is 2. The van der Waals surface area contributed by atoms with E-state index < -0.39 is 0 Å². The third kappa shape index (κ3) is 3.32. The Balaban J connectivity index is 1.91. The van der Waals surface area contributed by atoms with Crippen molar-refractivity contribution in [2.45, 2.75) is 45.4 Å². The zero-order valence-electron chi connectivity index (χ0n) is 11.4. The highest BCUT2D eigenvalue weighted by atomic mass is 16.3. The van der Waals surface area contributed by atoms with E-state index in [1.54, 1.807) is 0 Å². The molecule has 6 nitrogen and oxygen atoms in total. The van der Waals surface area contributed by atoms with Crippen molar-refractivity contribution in [3.05, 3.63) is 11.6 Å². The Hall–Kier alpha value is -1.43. The highest BCUT2D eigenvalue weighted by Crippen LogP contribution is 2.35. The molecule has 1 aliphatic carbocycles. The number of hydrogen-bond acceptors (Lipinski definition) is 4. The number of hydrogen-bond donors (Lipinski definition) is 3. The van der Waals surface area contributed by atoms with Crippen LogP contribution in [-0.4, -0.2) is 39.3 Å². The number of carbonyl (C=O) groups excluding carboxylic acids is 1. The molecule has 2 rings (SSSR count). The highest BCUT2D eigenvalue weighted by Gasteiger charge is 2.32. The monoisotopic (exact) mass is 266 g/mol. The largest absolute Gasteiger partial charge is 0.396 e. The van der Waals surface area contributed by atoms with Gasteiger partial charge in [-0.2, -0.15) is 0 Å². The summed E-state index contributed by atoms with van der Waals surface area (Å²) >= 11 is 0. The minimum absolute atomic E-state index is 0.126. The SMILES string of the molecule is CCc1nc(C(=O)NCC2(CO)CCCCC2)n[nH]1. The van der Waals surface area contributed by atoms with Gasteiger partial charge in [-0.25, -0.2) is 4.98 Å². The van der Waals surface area contributed by atoms with Crippen LogP contribution in [0.4, 0.5) is 0 Å². The lowest BCUT2D eigenvalue weighted by Crippen LogP contribution is -2.41. The van der Waals surface area contributed by atoms with Crippen molar-refractivity contribution in [2.24, 2.45) is 5.41 Å². The van der Waals surface area contributed by atoms with E-state index in [0.717, 1.165) is 32.1 Å². The van der Waals surface area contributed by atoms with Gasteiger partial charge in [-0.3, -0.25) is 9.89 Å². The van der Waals surface area contributed by atoms with Crippen molar-refractivity contribution in [3.8, 4) is 0 Å². The number of aliphatic hydroxyl groups is 1.